The number of carbonyl (C=O) groups is 1. The van der Waals surface area contributed by atoms with Crippen LogP contribution in [0.25, 0.3) is 0 Å². The number of anilines is 2. The lowest BCUT2D eigenvalue weighted by molar-refractivity contribution is 0.102. The highest BCUT2D eigenvalue weighted by Crippen LogP contribution is 2.28. The number of amides is 1. The van der Waals surface area contributed by atoms with E-state index in [1.807, 2.05) is 37.3 Å². The van der Waals surface area contributed by atoms with E-state index in [1.54, 1.807) is 18.2 Å². The lowest BCUT2D eigenvalue weighted by Crippen LogP contribution is -2.17. The van der Waals surface area contributed by atoms with Crippen molar-refractivity contribution < 1.29 is 17.9 Å². The quantitative estimate of drug-likeness (QED) is 0.594. The fraction of sp³-hybridized carbons (Fsp3) is 0.208. The highest BCUT2D eigenvalue weighted by Gasteiger charge is 2.22. The average Bonchev–Trinajstić information content (AvgIpc) is 3.22. The average molecular weight is 437 g/mol. The second-order valence-electron chi connectivity index (χ2n) is 7.63. The Bertz CT molecular complexity index is 1230. The van der Waals surface area contributed by atoms with Crippen molar-refractivity contribution >= 4 is 27.3 Å². The van der Waals surface area contributed by atoms with E-state index in [0.29, 0.717) is 11.4 Å². The molecule has 7 heteroatoms. The maximum atomic E-state index is 13.0. The molecule has 160 valence electrons. The molecule has 0 saturated carbocycles. The highest BCUT2D eigenvalue weighted by atomic mass is 32.2. The summed E-state index contributed by atoms with van der Waals surface area (Å²) in [7, 11) is -2.57. The summed E-state index contributed by atoms with van der Waals surface area (Å²) in [6, 6.07) is 17.3. The number of ether oxygens (including phenoxy) is 1. The van der Waals surface area contributed by atoms with Gasteiger partial charge in [0.15, 0.2) is 0 Å². The highest BCUT2D eigenvalue weighted by molar-refractivity contribution is 7.92. The van der Waals surface area contributed by atoms with Gasteiger partial charge in [-0.3, -0.25) is 9.52 Å². The van der Waals surface area contributed by atoms with Gasteiger partial charge in [0.1, 0.15) is 10.6 Å². The molecular formula is C24H24N2O4S. The van der Waals surface area contributed by atoms with Gasteiger partial charge in [-0.1, -0.05) is 23.8 Å². The van der Waals surface area contributed by atoms with Gasteiger partial charge in [0.25, 0.3) is 15.9 Å². The third kappa shape index (κ3) is 4.56. The number of hydrogen-bond donors (Lipinski definition) is 2. The Hall–Kier alpha value is -3.32. The Morgan fingerprint density at radius 1 is 0.903 bits per heavy atom. The van der Waals surface area contributed by atoms with Gasteiger partial charge in [-0.2, -0.15) is 0 Å². The molecule has 0 radical (unpaired) electrons. The van der Waals surface area contributed by atoms with E-state index in [0.717, 1.165) is 24.8 Å². The van der Waals surface area contributed by atoms with Gasteiger partial charge < -0.3 is 10.1 Å². The Morgan fingerprint density at radius 3 is 2.35 bits per heavy atom. The van der Waals surface area contributed by atoms with E-state index < -0.39 is 10.0 Å². The van der Waals surface area contributed by atoms with E-state index in [9.17, 15) is 13.2 Å². The molecule has 0 aromatic heterocycles. The van der Waals surface area contributed by atoms with Gasteiger partial charge in [-0.05, 0) is 79.8 Å². The van der Waals surface area contributed by atoms with Gasteiger partial charge in [0.2, 0.25) is 0 Å². The zero-order valence-corrected chi connectivity index (χ0v) is 18.3. The standard InChI is InChI=1S/C24H24N2O4S/c1-16-6-10-20(11-7-16)26-31(28,29)23-15-19(9-13-22(23)30-2)24(27)25-21-12-8-17-4-3-5-18(17)14-21/h6-15,26H,3-5H2,1-2H3,(H,25,27). The van der Waals surface area contributed by atoms with Crippen LogP contribution in [0.4, 0.5) is 11.4 Å². The van der Waals surface area contributed by atoms with Gasteiger partial charge in [0.05, 0.1) is 7.11 Å². The lowest BCUT2D eigenvalue weighted by Gasteiger charge is -2.14. The Balaban J connectivity index is 1.60. The van der Waals surface area contributed by atoms with Crippen molar-refractivity contribution in [2.75, 3.05) is 17.1 Å². The second-order valence-corrected chi connectivity index (χ2v) is 9.28. The van der Waals surface area contributed by atoms with E-state index in [1.165, 1.54) is 30.4 Å². The first-order valence-corrected chi connectivity index (χ1v) is 11.5. The van der Waals surface area contributed by atoms with Crippen molar-refractivity contribution in [3.8, 4) is 5.75 Å². The molecule has 1 aliphatic rings. The number of carbonyl (C=O) groups excluding carboxylic acids is 1. The van der Waals surface area contributed by atoms with Crippen LogP contribution in [0.2, 0.25) is 0 Å². The zero-order chi connectivity index (χ0) is 22.0. The first kappa shape index (κ1) is 20.9. The molecule has 0 heterocycles. The van der Waals surface area contributed by atoms with Gasteiger partial charge in [-0.25, -0.2) is 8.42 Å². The van der Waals surface area contributed by atoms with Crippen LogP contribution in [0.15, 0.2) is 65.6 Å². The number of sulfonamides is 1. The minimum Gasteiger partial charge on any atom is -0.495 e. The van der Waals surface area contributed by atoms with Crippen LogP contribution in [0.3, 0.4) is 0 Å². The number of aryl methyl sites for hydroxylation is 3. The number of methoxy groups -OCH3 is 1. The van der Waals surface area contributed by atoms with E-state index in [4.69, 9.17) is 4.74 Å². The van der Waals surface area contributed by atoms with E-state index in [-0.39, 0.29) is 22.1 Å². The fourth-order valence-electron chi connectivity index (χ4n) is 3.71. The fourth-order valence-corrected chi connectivity index (χ4v) is 4.97. The van der Waals surface area contributed by atoms with Crippen LogP contribution < -0.4 is 14.8 Å². The molecule has 2 N–H and O–H groups in total. The van der Waals surface area contributed by atoms with Gasteiger partial charge in [-0.15, -0.1) is 0 Å². The minimum atomic E-state index is -3.96. The van der Waals surface area contributed by atoms with Crippen LogP contribution >= 0.6 is 0 Å². The molecule has 0 aliphatic heterocycles. The first-order valence-electron chi connectivity index (χ1n) is 10.1. The van der Waals surface area contributed by atoms with Crippen LogP contribution in [-0.2, 0) is 22.9 Å². The van der Waals surface area contributed by atoms with E-state index in [2.05, 4.69) is 10.0 Å². The summed E-state index contributed by atoms with van der Waals surface area (Å²) < 4.78 is 33.8. The number of nitrogens with one attached hydrogen (secondary N) is 2. The molecule has 0 atom stereocenters. The van der Waals surface area contributed by atoms with Crippen molar-refractivity contribution in [2.45, 2.75) is 31.1 Å². The van der Waals surface area contributed by atoms with Crippen molar-refractivity contribution in [3.63, 3.8) is 0 Å². The predicted molar refractivity (Wildman–Crippen MR) is 121 cm³/mol. The molecule has 0 unspecified atom stereocenters. The summed E-state index contributed by atoms with van der Waals surface area (Å²) in [5.41, 5.74) is 4.94. The normalized spacial score (nSPS) is 12.8. The Kier molecular flexibility index (Phi) is 5.69. The summed E-state index contributed by atoms with van der Waals surface area (Å²) >= 11 is 0. The van der Waals surface area contributed by atoms with Crippen molar-refractivity contribution in [3.05, 3.63) is 82.9 Å². The smallest absolute Gasteiger partial charge is 0.265 e. The molecule has 0 bridgehead atoms. The SMILES string of the molecule is COc1ccc(C(=O)Nc2ccc3c(c2)CCC3)cc1S(=O)(=O)Nc1ccc(C)cc1. The minimum absolute atomic E-state index is 0.0998. The van der Waals surface area contributed by atoms with Crippen molar-refractivity contribution in [1.82, 2.24) is 0 Å². The summed E-state index contributed by atoms with van der Waals surface area (Å²) in [4.78, 5) is 12.7. The van der Waals surface area contributed by atoms with Crippen LogP contribution in [0.5, 0.6) is 5.75 Å². The summed E-state index contributed by atoms with van der Waals surface area (Å²) in [6.07, 6.45) is 3.20. The molecular weight excluding hydrogens is 412 g/mol. The second kappa shape index (κ2) is 8.43. The third-order valence-electron chi connectivity index (χ3n) is 5.38. The largest absolute Gasteiger partial charge is 0.495 e. The molecule has 1 aliphatic carbocycles. The monoisotopic (exact) mass is 436 g/mol. The van der Waals surface area contributed by atoms with Crippen molar-refractivity contribution in [1.29, 1.82) is 0 Å². The molecule has 3 aromatic rings. The predicted octanol–water partition coefficient (Wildman–Crippen LogP) is 4.55. The van der Waals surface area contributed by atoms with E-state index >= 15 is 0 Å². The number of benzene rings is 3. The lowest BCUT2D eigenvalue weighted by atomic mass is 10.1. The molecule has 0 spiro atoms. The maximum Gasteiger partial charge on any atom is 0.265 e. The van der Waals surface area contributed by atoms with Gasteiger partial charge in [0, 0.05) is 16.9 Å². The molecule has 31 heavy (non-hydrogen) atoms. The summed E-state index contributed by atoms with van der Waals surface area (Å²) in [5.74, 6) is -0.221. The van der Waals surface area contributed by atoms with Crippen LogP contribution in [0, 0.1) is 6.92 Å². The molecule has 6 nitrogen and oxygen atoms in total. The molecule has 4 rings (SSSR count). The van der Waals surface area contributed by atoms with Gasteiger partial charge >= 0.3 is 0 Å². The Morgan fingerprint density at radius 2 is 1.61 bits per heavy atom. The zero-order valence-electron chi connectivity index (χ0n) is 17.4. The molecule has 0 saturated heterocycles. The first-order chi connectivity index (χ1) is 14.9. The number of fused-ring (bicyclic) bond motifs is 1. The third-order valence-corrected chi connectivity index (χ3v) is 6.78. The summed E-state index contributed by atoms with van der Waals surface area (Å²) in [5, 5.41) is 2.87. The molecule has 1 amide bonds. The number of hydrogen-bond acceptors (Lipinski definition) is 4. The van der Waals surface area contributed by atoms with Crippen LogP contribution in [-0.4, -0.2) is 21.4 Å². The number of rotatable bonds is 6. The Labute approximate surface area is 182 Å². The van der Waals surface area contributed by atoms with Crippen molar-refractivity contribution in [2.24, 2.45) is 0 Å². The topological polar surface area (TPSA) is 84.5 Å². The van der Waals surface area contributed by atoms with Crippen LogP contribution in [0.1, 0.15) is 33.5 Å². The summed E-state index contributed by atoms with van der Waals surface area (Å²) in [6.45, 7) is 1.92. The maximum absolute atomic E-state index is 13.0. The molecule has 3 aromatic carbocycles. The molecule has 0 fully saturated rings.